The largest absolute Gasteiger partial charge is 0.334 e. The van der Waals surface area contributed by atoms with Crippen molar-refractivity contribution in [2.24, 2.45) is 0 Å². The normalized spacial score (nSPS) is 16.7. The highest BCUT2D eigenvalue weighted by molar-refractivity contribution is 7.15. The van der Waals surface area contributed by atoms with Crippen LogP contribution in [0.3, 0.4) is 0 Å². The summed E-state index contributed by atoms with van der Waals surface area (Å²) in [5.41, 5.74) is 3.20. The lowest BCUT2D eigenvalue weighted by molar-refractivity contribution is 0.0608. The minimum absolute atomic E-state index is 0.0443. The Morgan fingerprint density at radius 3 is 2.81 bits per heavy atom. The number of aromatic nitrogens is 3. The smallest absolute Gasteiger partial charge is 0.274 e. The van der Waals surface area contributed by atoms with Crippen LogP contribution in [0.25, 0.3) is 16.1 Å². The van der Waals surface area contributed by atoms with Gasteiger partial charge < -0.3 is 9.30 Å². The lowest BCUT2D eigenvalue weighted by Gasteiger charge is -2.35. The van der Waals surface area contributed by atoms with Gasteiger partial charge in [-0.3, -0.25) is 4.79 Å². The van der Waals surface area contributed by atoms with Gasteiger partial charge in [-0.2, -0.15) is 0 Å². The molecule has 1 aliphatic rings. The van der Waals surface area contributed by atoms with Gasteiger partial charge in [0.2, 0.25) is 0 Å². The Labute approximate surface area is 184 Å². The van der Waals surface area contributed by atoms with Crippen LogP contribution in [0.2, 0.25) is 0 Å². The molecule has 1 fully saturated rings. The molecule has 4 aromatic rings. The Bertz CT molecular complexity index is 1200. The molecule has 5 rings (SSSR count). The van der Waals surface area contributed by atoms with Crippen molar-refractivity contribution in [1.29, 1.82) is 0 Å². The number of piperidine rings is 1. The average molecular weight is 435 g/mol. The van der Waals surface area contributed by atoms with Crippen molar-refractivity contribution < 1.29 is 9.18 Å². The molecule has 0 saturated carbocycles. The number of imidazole rings is 1. The van der Waals surface area contributed by atoms with Crippen LogP contribution in [0.4, 0.5) is 4.39 Å². The number of nitrogens with zero attached hydrogens (tertiary/aromatic N) is 4. The zero-order chi connectivity index (χ0) is 21.4. The molecule has 158 valence electrons. The summed E-state index contributed by atoms with van der Waals surface area (Å²) in [6, 6.07) is 12.3. The Hall–Kier alpha value is -3.06. The number of carbonyl (C=O) groups is 1. The highest BCUT2D eigenvalue weighted by atomic mass is 32.1. The SMILES string of the molecule is Cc1nc(C(=O)N2CCCC[C@H]2Cc2cn3ccccc3n2)c(-c2ccc(F)cc2)s1. The van der Waals surface area contributed by atoms with Gasteiger partial charge in [-0.05, 0) is 56.0 Å². The highest BCUT2D eigenvalue weighted by Crippen LogP contribution is 2.33. The van der Waals surface area contributed by atoms with Gasteiger partial charge in [0.25, 0.3) is 5.91 Å². The van der Waals surface area contributed by atoms with Gasteiger partial charge >= 0.3 is 0 Å². The molecule has 1 aliphatic heterocycles. The second-order valence-corrected chi connectivity index (χ2v) is 9.17. The number of likely N-dealkylation sites (tertiary alicyclic amines) is 1. The van der Waals surface area contributed by atoms with Crippen LogP contribution in [-0.2, 0) is 6.42 Å². The van der Waals surface area contributed by atoms with Gasteiger partial charge in [-0.15, -0.1) is 11.3 Å². The van der Waals surface area contributed by atoms with E-state index in [1.165, 1.54) is 23.5 Å². The van der Waals surface area contributed by atoms with Crippen LogP contribution in [0.1, 0.15) is 40.5 Å². The van der Waals surface area contributed by atoms with Crippen LogP contribution in [0.15, 0.2) is 54.9 Å². The Kier molecular flexibility index (Phi) is 5.28. The van der Waals surface area contributed by atoms with Crippen LogP contribution in [-0.4, -0.2) is 37.8 Å². The molecule has 1 aromatic carbocycles. The van der Waals surface area contributed by atoms with Crippen molar-refractivity contribution in [1.82, 2.24) is 19.3 Å². The molecule has 5 nitrogen and oxygen atoms in total. The highest BCUT2D eigenvalue weighted by Gasteiger charge is 2.31. The maximum absolute atomic E-state index is 13.6. The number of hydrogen-bond acceptors (Lipinski definition) is 4. The van der Waals surface area contributed by atoms with Crippen molar-refractivity contribution in [3.05, 3.63) is 77.1 Å². The van der Waals surface area contributed by atoms with E-state index in [0.717, 1.165) is 59.0 Å². The number of rotatable bonds is 4. The Morgan fingerprint density at radius 2 is 2.00 bits per heavy atom. The van der Waals surface area contributed by atoms with Crippen molar-refractivity contribution in [3.63, 3.8) is 0 Å². The van der Waals surface area contributed by atoms with Crippen molar-refractivity contribution in [3.8, 4) is 10.4 Å². The summed E-state index contributed by atoms with van der Waals surface area (Å²) in [6.45, 7) is 2.62. The maximum atomic E-state index is 13.6. The van der Waals surface area contributed by atoms with Crippen LogP contribution in [0.5, 0.6) is 0 Å². The molecule has 0 aliphatic carbocycles. The number of carbonyl (C=O) groups excluding carboxylic acids is 1. The van der Waals surface area contributed by atoms with E-state index >= 15 is 0 Å². The number of hydrogen-bond donors (Lipinski definition) is 0. The van der Waals surface area contributed by atoms with E-state index in [1.54, 1.807) is 12.1 Å². The molecule has 3 aromatic heterocycles. The van der Waals surface area contributed by atoms with E-state index in [2.05, 4.69) is 4.98 Å². The van der Waals surface area contributed by atoms with E-state index < -0.39 is 0 Å². The first-order chi connectivity index (χ1) is 15.1. The average Bonchev–Trinajstić information content (AvgIpc) is 3.37. The Balaban J connectivity index is 1.44. The number of amides is 1. The van der Waals surface area contributed by atoms with Crippen molar-refractivity contribution in [2.45, 2.75) is 38.6 Å². The predicted octanol–water partition coefficient (Wildman–Crippen LogP) is 5.14. The number of benzene rings is 1. The fourth-order valence-corrected chi connectivity index (χ4v) is 5.23. The number of thiazole rings is 1. The zero-order valence-corrected chi connectivity index (χ0v) is 18.1. The van der Waals surface area contributed by atoms with Gasteiger partial charge in [-0.25, -0.2) is 14.4 Å². The van der Waals surface area contributed by atoms with E-state index in [1.807, 2.05) is 46.8 Å². The molecule has 1 amide bonds. The summed E-state index contributed by atoms with van der Waals surface area (Å²) in [7, 11) is 0. The van der Waals surface area contributed by atoms with E-state index in [0.29, 0.717) is 5.69 Å². The van der Waals surface area contributed by atoms with Crippen LogP contribution < -0.4 is 0 Å². The molecule has 0 radical (unpaired) electrons. The second kappa shape index (κ2) is 8.23. The van der Waals surface area contributed by atoms with Gasteiger partial charge in [0.15, 0.2) is 0 Å². The van der Waals surface area contributed by atoms with Gasteiger partial charge in [-0.1, -0.05) is 18.2 Å². The molecule has 4 heterocycles. The number of pyridine rings is 1. The van der Waals surface area contributed by atoms with Crippen molar-refractivity contribution in [2.75, 3.05) is 6.54 Å². The molecule has 1 atom stereocenters. The summed E-state index contributed by atoms with van der Waals surface area (Å²) in [4.78, 5) is 25.7. The Morgan fingerprint density at radius 1 is 1.16 bits per heavy atom. The predicted molar refractivity (Wildman–Crippen MR) is 120 cm³/mol. The summed E-state index contributed by atoms with van der Waals surface area (Å²) >= 11 is 1.48. The fraction of sp³-hybridized carbons (Fsp3) is 0.292. The fourth-order valence-electron chi connectivity index (χ4n) is 4.31. The first-order valence-corrected chi connectivity index (χ1v) is 11.4. The van der Waals surface area contributed by atoms with Gasteiger partial charge in [0.1, 0.15) is 17.2 Å². The monoisotopic (exact) mass is 434 g/mol. The number of halogens is 1. The summed E-state index contributed by atoms with van der Waals surface area (Å²) in [5.74, 6) is -0.335. The lowest BCUT2D eigenvalue weighted by atomic mass is 9.97. The lowest BCUT2D eigenvalue weighted by Crippen LogP contribution is -2.45. The third kappa shape index (κ3) is 3.97. The van der Waals surface area contributed by atoms with Crippen LogP contribution >= 0.6 is 11.3 Å². The van der Waals surface area contributed by atoms with E-state index in [-0.39, 0.29) is 17.8 Å². The quantitative estimate of drug-likeness (QED) is 0.447. The minimum Gasteiger partial charge on any atom is -0.334 e. The first kappa shape index (κ1) is 19.9. The molecule has 0 bridgehead atoms. The maximum Gasteiger partial charge on any atom is 0.274 e. The topological polar surface area (TPSA) is 50.5 Å². The zero-order valence-electron chi connectivity index (χ0n) is 17.3. The summed E-state index contributed by atoms with van der Waals surface area (Å²) in [6.07, 6.45) is 7.80. The third-order valence-electron chi connectivity index (χ3n) is 5.79. The summed E-state index contributed by atoms with van der Waals surface area (Å²) in [5, 5.41) is 0.830. The van der Waals surface area contributed by atoms with E-state index in [4.69, 9.17) is 4.98 Å². The first-order valence-electron chi connectivity index (χ1n) is 10.6. The second-order valence-electron chi connectivity index (χ2n) is 7.97. The number of fused-ring (bicyclic) bond motifs is 1. The molecule has 7 heteroatoms. The molecule has 0 N–H and O–H groups in total. The van der Waals surface area contributed by atoms with Gasteiger partial charge in [0, 0.05) is 31.4 Å². The van der Waals surface area contributed by atoms with E-state index in [9.17, 15) is 9.18 Å². The number of aryl methyl sites for hydroxylation is 1. The molecular formula is C24H23FN4OS. The molecule has 31 heavy (non-hydrogen) atoms. The van der Waals surface area contributed by atoms with Gasteiger partial charge in [0.05, 0.1) is 15.6 Å². The molecular weight excluding hydrogens is 411 g/mol. The van der Waals surface area contributed by atoms with Crippen molar-refractivity contribution >= 4 is 22.9 Å². The molecule has 0 spiro atoms. The van der Waals surface area contributed by atoms with Crippen LogP contribution in [0, 0.1) is 12.7 Å². The molecule has 0 unspecified atom stereocenters. The third-order valence-corrected chi connectivity index (χ3v) is 6.81. The molecule has 1 saturated heterocycles. The standard InChI is InChI=1S/C24H23FN4OS/c1-16-26-22(23(31-16)17-8-10-18(25)11-9-17)24(30)29-13-5-2-6-20(29)14-19-15-28-12-4-3-7-21(28)27-19/h3-4,7-12,15,20H,2,5-6,13-14H2,1H3/t20-/m0/s1. The summed E-state index contributed by atoms with van der Waals surface area (Å²) < 4.78 is 15.4. The minimum atomic E-state index is -0.290.